The zero-order chi connectivity index (χ0) is 12.8. The van der Waals surface area contributed by atoms with Gasteiger partial charge in [-0.3, -0.25) is 0 Å². The van der Waals surface area contributed by atoms with Gasteiger partial charge in [-0.1, -0.05) is 43.4 Å². The Morgan fingerprint density at radius 2 is 1.89 bits per heavy atom. The molecule has 0 unspecified atom stereocenters. The fourth-order valence-corrected chi connectivity index (χ4v) is 2.08. The fraction of sp³-hybridized carbons (Fsp3) is 0.385. The first-order chi connectivity index (χ1) is 8.74. The molecule has 0 aliphatic rings. The maximum atomic E-state index is 5.62. The summed E-state index contributed by atoms with van der Waals surface area (Å²) >= 11 is 1.58. The van der Waals surface area contributed by atoms with Gasteiger partial charge in [0.05, 0.1) is 0 Å². The average molecular weight is 263 g/mol. The molecule has 96 valence electrons. The van der Waals surface area contributed by atoms with Crippen molar-refractivity contribution in [2.24, 2.45) is 0 Å². The molecule has 4 nitrogen and oxygen atoms in total. The van der Waals surface area contributed by atoms with Crippen LogP contribution in [0.2, 0.25) is 0 Å². The van der Waals surface area contributed by atoms with Gasteiger partial charge in [0.25, 0.3) is 0 Å². The van der Waals surface area contributed by atoms with Crippen LogP contribution in [-0.2, 0) is 13.2 Å². The lowest BCUT2D eigenvalue weighted by atomic mass is 10.3. The Balaban J connectivity index is 1.83. The zero-order valence-electron chi connectivity index (χ0n) is 10.6. The van der Waals surface area contributed by atoms with Crippen LogP contribution >= 0.6 is 11.3 Å². The number of ether oxygens (including phenoxy) is 1. The standard InChI is InChI=1S/C13H17N3OS/c1-10(2)14-8-12-15-16-13(18-12)9-17-11-6-4-3-5-7-11/h3-7,10,14H,8-9H2,1-2H3. The second-order valence-electron chi connectivity index (χ2n) is 4.23. The molecule has 1 N–H and O–H groups in total. The largest absolute Gasteiger partial charge is 0.486 e. The lowest BCUT2D eigenvalue weighted by Gasteiger charge is -2.04. The van der Waals surface area contributed by atoms with Crippen molar-refractivity contribution in [2.75, 3.05) is 0 Å². The first-order valence-electron chi connectivity index (χ1n) is 5.96. The summed E-state index contributed by atoms with van der Waals surface area (Å²) in [5.41, 5.74) is 0. The van der Waals surface area contributed by atoms with E-state index in [0.29, 0.717) is 12.6 Å². The molecular formula is C13H17N3OS. The molecule has 0 spiro atoms. The van der Waals surface area contributed by atoms with Crippen LogP contribution in [0.3, 0.4) is 0 Å². The number of benzene rings is 1. The van der Waals surface area contributed by atoms with E-state index in [9.17, 15) is 0 Å². The molecule has 0 aliphatic heterocycles. The van der Waals surface area contributed by atoms with Gasteiger partial charge >= 0.3 is 0 Å². The molecule has 0 bridgehead atoms. The Kier molecular flexibility index (Phi) is 4.66. The molecular weight excluding hydrogens is 246 g/mol. The summed E-state index contributed by atoms with van der Waals surface area (Å²) in [5.74, 6) is 0.856. The maximum Gasteiger partial charge on any atom is 0.155 e. The predicted molar refractivity (Wildman–Crippen MR) is 72.7 cm³/mol. The molecule has 18 heavy (non-hydrogen) atoms. The first kappa shape index (κ1) is 13.0. The normalized spacial score (nSPS) is 10.8. The Morgan fingerprint density at radius 3 is 2.61 bits per heavy atom. The monoisotopic (exact) mass is 263 g/mol. The fourth-order valence-electron chi connectivity index (χ4n) is 1.37. The molecule has 0 atom stereocenters. The van der Waals surface area contributed by atoms with E-state index < -0.39 is 0 Å². The average Bonchev–Trinajstić information content (AvgIpc) is 2.83. The van der Waals surface area contributed by atoms with Crippen LogP contribution < -0.4 is 10.1 Å². The lowest BCUT2D eigenvalue weighted by molar-refractivity contribution is 0.304. The van der Waals surface area contributed by atoms with E-state index in [1.54, 1.807) is 11.3 Å². The van der Waals surface area contributed by atoms with E-state index >= 15 is 0 Å². The van der Waals surface area contributed by atoms with E-state index in [1.807, 2.05) is 30.3 Å². The molecule has 0 saturated heterocycles. The molecule has 0 amide bonds. The summed E-state index contributed by atoms with van der Waals surface area (Å²) in [7, 11) is 0. The van der Waals surface area contributed by atoms with Crippen LogP contribution in [0, 0.1) is 0 Å². The van der Waals surface area contributed by atoms with Crippen molar-refractivity contribution in [1.82, 2.24) is 15.5 Å². The third-order valence-electron chi connectivity index (χ3n) is 2.28. The highest BCUT2D eigenvalue weighted by molar-refractivity contribution is 7.11. The number of aromatic nitrogens is 2. The van der Waals surface area contributed by atoms with E-state index in [1.165, 1.54) is 0 Å². The van der Waals surface area contributed by atoms with E-state index in [2.05, 4.69) is 29.4 Å². The molecule has 0 saturated carbocycles. The molecule has 1 heterocycles. The van der Waals surface area contributed by atoms with Crippen LogP contribution in [-0.4, -0.2) is 16.2 Å². The van der Waals surface area contributed by atoms with Crippen LogP contribution in [0.15, 0.2) is 30.3 Å². The number of nitrogens with one attached hydrogen (secondary N) is 1. The van der Waals surface area contributed by atoms with Crippen LogP contribution in [0.25, 0.3) is 0 Å². The summed E-state index contributed by atoms with van der Waals surface area (Å²) in [4.78, 5) is 0. The smallest absolute Gasteiger partial charge is 0.155 e. The first-order valence-corrected chi connectivity index (χ1v) is 6.78. The van der Waals surface area contributed by atoms with Gasteiger partial charge in [0, 0.05) is 12.6 Å². The third-order valence-corrected chi connectivity index (χ3v) is 3.17. The lowest BCUT2D eigenvalue weighted by Crippen LogP contribution is -2.21. The molecule has 1 aromatic carbocycles. The summed E-state index contributed by atoms with van der Waals surface area (Å²) in [6, 6.07) is 10.2. The summed E-state index contributed by atoms with van der Waals surface area (Å²) < 4.78 is 5.62. The number of rotatable bonds is 6. The predicted octanol–water partition coefficient (Wildman–Crippen LogP) is 2.62. The van der Waals surface area contributed by atoms with Crippen molar-refractivity contribution in [1.29, 1.82) is 0 Å². The number of hydrogen-bond acceptors (Lipinski definition) is 5. The summed E-state index contributed by atoms with van der Waals surface area (Å²) in [6.07, 6.45) is 0. The van der Waals surface area contributed by atoms with Gasteiger partial charge in [-0.2, -0.15) is 0 Å². The van der Waals surface area contributed by atoms with Gasteiger partial charge in [0.15, 0.2) is 5.01 Å². The van der Waals surface area contributed by atoms with Crippen molar-refractivity contribution in [3.8, 4) is 5.75 Å². The second kappa shape index (κ2) is 6.47. The molecule has 1 aromatic heterocycles. The quantitative estimate of drug-likeness (QED) is 0.870. The number of hydrogen-bond donors (Lipinski definition) is 1. The molecule has 0 radical (unpaired) electrons. The minimum atomic E-state index is 0.456. The Bertz CT molecular complexity index is 470. The van der Waals surface area contributed by atoms with Crippen LogP contribution in [0.1, 0.15) is 23.9 Å². The molecule has 5 heteroatoms. The van der Waals surface area contributed by atoms with Gasteiger partial charge in [0.1, 0.15) is 17.4 Å². The maximum absolute atomic E-state index is 5.62. The van der Waals surface area contributed by atoms with E-state index in [0.717, 1.165) is 22.3 Å². The highest BCUT2D eigenvalue weighted by atomic mass is 32.1. The van der Waals surface area contributed by atoms with Gasteiger partial charge in [0.2, 0.25) is 0 Å². The van der Waals surface area contributed by atoms with Crippen molar-refractivity contribution in [2.45, 2.75) is 33.0 Å². The van der Waals surface area contributed by atoms with E-state index in [4.69, 9.17) is 4.74 Å². The molecule has 2 rings (SSSR count). The second-order valence-corrected chi connectivity index (χ2v) is 5.37. The SMILES string of the molecule is CC(C)NCc1nnc(COc2ccccc2)s1. The minimum Gasteiger partial charge on any atom is -0.486 e. The van der Waals surface area contributed by atoms with Crippen molar-refractivity contribution in [3.05, 3.63) is 40.3 Å². The number of nitrogens with zero attached hydrogens (tertiary/aromatic N) is 2. The van der Waals surface area contributed by atoms with Gasteiger partial charge in [-0.25, -0.2) is 0 Å². The van der Waals surface area contributed by atoms with Gasteiger partial charge in [-0.05, 0) is 12.1 Å². The Morgan fingerprint density at radius 1 is 1.17 bits per heavy atom. The zero-order valence-corrected chi connectivity index (χ0v) is 11.4. The van der Waals surface area contributed by atoms with Gasteiger partial charge < -0.3 is 10.1 Å². The van der Waals surface area contributed by atoms with Crippen LogP contribution in [0.4, 0.5) is 0 Å². The number of para-hydroxylation sites is 1. The van der Waals surface area contributed by atoms with Crippen LogP contribution in [0.5, 0.6) is 5.75 Å². The van der Waals surface area contributed by atoms with Gasteiger partial charge in [-0.15, -0.1) is 10.2 Å². The van der Waals surface area contributed by atoms with E-state index in [-0.39, 0.29) is 0 Å². The Labute approximate surface area is 111 Å². The highest BCUT2D eigenvalue weighted by Crippen LogP contribution is 2.14. The highest BCUT2D eigenvalue weighted by Gasteiger charge is 2.05. The molecule has 0 fully saturated rings. The molecule has 0 aliphatic carbocycles. The van der Waals surface area contributed by atoms with Crippen molar-refractivity contribution >= 4 is 11.3 Å². The third kappa shape index (κ3) is 4.09. The van der Waals surface area contributed by atoms with Crippen molar-refractivity contribution < 1.29 is 4.74 Å². The molecule has 2 aromatic rings. The Hall–Kier alpha value is -1.46. The topological polar surface area (TPSA) is 47.0 Å². The minimum absolute atomic E-state index is 0.456. The summed E-state index contributed by atoms with van der Waals surface area (Å²) in [6.45, 7) is 5.46. The summed E-state index contributed by atoms with van der Waals surface area (Å²) in [5, 5.41) is 13.5. The van der Waals surface area contributed by atoms with Crippen molar-refractivity contribution in [3.63, 3.8) is 0 Å².